The lowest BCUT2D eigenvalue weighted by molar-refractivity contribution is -0.123. The van der Waals surface area contributed by atoms with E-state index in [0.717, 1.165) is 75.1 Å². The average Bonchev–Trinajstić information content (AvgIpc) is 3.44. The van der Waals surface area contributed by atoms with E-state index in [2.05, 4.69) is 48.1 Å². The van der Waals surface area contributed by atoms with Crippen LogP contribution in [0.4, 0.5) is 0 Å². The fraction of sp³-hybridized carbons (Fsp3) is 0.514. The summed E-state index contributed by atoms with van der Waals surface area (Å²) in [5, 5.41) is 4.27. The summed E-state index contributed by atoms with van der Waals surface area (Å²) in [4.78, 5) is 31.2. The second-order valence-corrected chi connectivity index (χ2v) is 12.2. The highest BCUT2D eigenvalue weighted by atomic mass is 16.2. The van der Waals surface area contributed by atoms with Crippen LogP contribution in [0, 0.1) is 12.8 Å². The Morgan fingerprint density at radius 2 is 1.63 bits per heavy atom. The second kappa shape index (κ2) is 13.6. The largest absolute Gasteiger partial charge is 0.339 e. The molecule has 0 unspecified atom stereocenters. The third-order valence-electron chi connectivity index (χ3n) is 9.28. The van der Waals surface area contributed by atoms with Crippen molar-refractivity contribution in [1.29, 1.82) is 0 Å². The topological polar surface area (TPSA) is 58.4 Å². The van der Waals surface area contributed by atoms with Gasteiger partial charge in [0.1, 0.15) is 5.78 Å². The Balaban J connectivity index is 1.13. The predicted octanol–water partition coefficient (Wildman–Crippen LogP) is 6.43. The van der Waals surface area contributed by atoms with Crippen molar-refractivity contribution in [3.8, 4) is 11.1 Å². The molecule has 2 saturated heterocycles. The molecular formula is C35H46N4O2. The number of aromatic nitrogens is 2. The smallest absolute Gasteiger partial charge is 0.253 e. The van der Waals surface area contributed by atoms with Gasteiger partial charge in [-0.2, -0.15) is 5.10 Å². The zero-order valence-electron chi connectivity index (χ0n) is 25.1. The molecule has 3 heterocycles. The van der Waals surface area contributed by atoms with E-state index in [0.29, 0.717) is 23.7 Å². The Morgan fingerprint density at radius 1 is 0.902 bits per heavy atom. The highest BCUT2D eigenvalue weighted by Crippen LogP contribution is 2.31. The number of hydrogen-bond donors (Lipinski definition) is 0. The maximum atomic E-state index is 13.5. The van der Waals surface area contributed by atoms with E-state index in [4.69, 9.17) is 0 Å². The minimum absolute atomic E-state index is 0.0875. The number of benzene rings is 2. The molecule has 0 saturated carbocycles. The van der Waals surface area contributed by atoms with Gasteiger partial charge >= 0.3 is 0 Å². The van der Waals surface area contributed by atoms with Crippen molar-refractivity contribution in [1.82, 2.24) is 19.6 Å². The van der Waals surface area contributed by atoms with Crippen LogP contribution in [-0.4, -0.2) is 64.0 Å². The predicted molar refractivity (Wildman–Crippen MR) is 165 cm³/mol. The van der Waals surface area contributed by atoms with Gasteiger partial charge in [-0.25, -0.2) is 0 Å². The van der Waals surface area contributed by atoms with Crippen LogP contribution in [-0.2, 0) is 18.3 Å². The van der Waals surface area contributed by atoms with Gasteiger partial charge < -0.3 is 9.80 Å². The van der Waals surface area contributed by atoms with E-state index in [1.165, 1.54) is 30.4 Å². The lowest BCUT2D eigenvalue weighted by Gasteiger charge is -2.32. The highest BCUT2D eigenvalue weighted by Gasteiger charge is 2.27. The van der Waals surface area contributed by atoms with Gasteiger partial charge in [0.05, 0.1) is 6.20 Å². The van der Waals surface area contributed by atoms with Crippen molar-refractivity contribution in [3.05, 3.63) is 77.1 Å². The minimum Gasteiger partial charge on any atom is -0.339 e. The molecule has 218 valence electrons. The number of carbonyl (C=O) groups excluding carboxylic acids is 2. The van der Waals surface area contributed by atoms with Gasteiger partial charge in [-0.15, -0.1) is 0 Å². The Morgan fingerprint density at radius 3 is 2.29 bits per heavy atom. The minimum atomic E-state index is 0.0875. The summed E-state index contributed by atoms with van der Waals surface area (Å²) in [5.74, 6) is 1.03. The van der Waals surface area contributed by atoms with Gasteiger partial charge in [-0.3, -0.25) is 14.3 Å². The Kier molecular flexibility index (Phi) is 9.71. The molecule has 2 aromatic carbocycles. The number of hydrogen-bond acceptors (Lipinski definition) is 4. The number of Topliss-reactive ketones (excluding diaryl/α,β-unsaturated/α-hetero) is 1. The molecule has 5 rings (SSSR count). The molecule has 2 fully saturated rings. The Bertz CT molecular complexity index is 1310. The molecule has 6 heteroatoms. The van der Waals surface area contributed by atoms with Crippen molar-refractivity contribution < 1.29 is 9.59 Å². The summed E-state index contributed by atoms with van der Waals surface area (Å²) < 4.78 is 1.82. The molecule has 3 aromatic rings. The highest BCUT2D eigenvalue weighted by molar-refractivity contribution is 5.95. The summed E-state index contributed by atoms with van der Waals surface area (Å²) in [6, 6.07) is 14.7. The number of unbranched alkanes of at least 4 members (excludes halogenated alkanes) is 2. The van der Waals surface area contributed by atoms with Crippen molar-refractivity contribution in [2.45, 2.75) is 71.1 Å². The second-order valence-electron chi connectivity index (χ2n) is 12.2. The summed E-state index contributed by atoms with van der Waals surface area (Å²) in [7, 11) is 1.93. The van der Waals surface area contributed by atoms with Crippen LogP contribution >= 0.6 is 0 Å². The van der Waals surface area contributed by atoms with Gasteiger partial charge in [0.25, 0.3) is 5.91 Å². The number of nitrogens with zero attached hydrogens (tertiary/aromatic N) is 4. The zero-order chi connectivity index (χ0) is 28.8. The Hall–Kier alpha value is -3.25. The van der Waals surface area contributed by atoms with Crippen LogP contribution in [0.15, 0.2) is 54.9 Å². The summed E-state index contributed by atoms with van der Waals surface area (Å²) in [5.41, 5.74) is 6.46. The molecule has 0 N–H and O–H groups in total. The maximum Gasteiger partial charge on any atom is 0.253 e. The van der Waals surface area contributed by atoms with Gasteiger partial charge in [-0.1, -0.05) is 50.1 Å². The van der Waals surface area contributed by atoms with E-state index in [1.54, 1.807) is 0 Å². The van der Waals surface area contributed by atoms with Crippen LogP contribution in [0.25, 0.3) is 11.1 Å². The first-order valence-corrected chi connectivity index (χ1v) is 15.6. The lowest BCUT2D eigenvalue weighted by Crippen LogP contribution is -2.38. The molecule has 0 aliphatic carbocycles. The van der Waals surface area contributed by atoms with Crippen LogP contribution in [0.3, 0.4) is 0 Å². The summed E-state index contributed by atoms with van der Waals surface area (Å²) in [6.07, 6.45) is 12.0. The number of amides is 1. The molecule has 1 amide bonds. The first-order chi connectivity index (χ1) is 19.9. The first kappa shape index (κ1) is 29.2. The van der Waals surface area contributed by atoms with E-state index < -0.39 is 0 Å². The summed E-state index contributed by atoms with van der Waals surface area (Å²) in [6.45, 7) is 9.03. The van der Waals surface area contributed by atoms with Crippen molar-refractivity contribution >= 4 is 11.7 Å². The van der Waals surface area contributed by atoms with Crippen molar-refractivity contribution in [3.63, 3.8) is 0 Å². The monoisotopic (exact) mass is 554 g/mol. The molecule has 2 aliphatic heterocycles. The molecule has 0 radical (unpaired) electrons. The number of piperidine rings is 2. The molecule has 0 spiro atoms. The van der Waals surface area contributed by atoms with Crippen molar-refractivity contribution in [2.75, 3.05) is 32.7 Å². The third kappa shape index (κ3) is 7.34. The van der Waals surface area contributed by atoms with E-state index in [1.807, 2.05) is 47.2 Å². The van der Waals surface area contributed by atoms with Gasteiger partial charge in [0.2, 0.25) is 0 Å². The lowest BCUT2D eigenvalue weighted by atomic mass is 9.87. The van der Waals surface area contributed by atoms with Gasteiger partial charge in [-0.05, 0) is 99.0 Å². The molecule has 0 bridgehead atoms. The third-order valence-corrected chi connectivity index (χ3v) is 9.28. The van der Waals surface area contributed by atoms with Crippen LogP contribution in [0.2, 0.25) is 0 Å². The van der Waals surface area contributed by atoms with Crippen LogP contribution in [0.1, 0.15) is 84.8 Å². The molecule has 2 aliphatic rings. The number of aryl methyl sites for hydroxylation is 2. The SMILES string of the molecule is CCCCCN1CCC(C(=O)Cc2cc(C(=O)N3CCC(c4ccc(-c5cnn(C)c5)cc4)CC3)ccc2C)CC1. The zero-order valence-corrected chi connectivity index (χ0v) is 25.1. The van der Waals surface area contributed by atoms with Gasteiger partial charge in [0, 0.05) is 49.8 Å². The average molecular weight is 555 g/mol. The van der Waals surface area contributed by atoms with E-state index in [9.17, 15) is 9.59 Å². The van der Waals surface area contributed by atoms with E-state index in [-0.39, 0.29) is 11.8 Å². The Labute approximate surface area is 245 Å². The summed E-state index contributed by atoms with van der Waals surface area (Å²) >= 11 is 0. The van der Waals surface area contributed by atoms with E-state index >= 15 is 0 Å². The quantitative estimate of drug-likeness (QED) is 0.271. The number of ketones is 1. The molecule has 41 heavy (non-hydrogen) atoms. The number of rotatable bonds is 10. The molecule has 6 nitrogen and oxygen atoms in total. The fourth-order valence-corrected chi connectivity index (χ4v) is 6.51. The van der Waals surface area contributed by atoms with Crippen LogP contribution < -0.4 is 0 Å². The van der Waals surface area contributed by atoms with Crippen LogP contribution in [0.5, 0.6) is 0 Å². The normalized spacial score (nSPS) is 17.2. The molecule has 0 atom stereocenters. The van der Waals surface area contributed by atoms with Crippen molar-refractivity contribution in [2.24, 2.45) is 13.0 Å². The molecular weight excluding hydrogens is 508 g/mol. The first-order valence-electron chi connectivity index (χ1n) is 15.6. The van der Waals surface area contributed by atoms with Gasteiger partial charge in [0.15, 0.2) is 0 Å². The fourth-order valence-electron chi connectivity index (χ4n) is 6.51. The molecule has 1 aromatic heterocycles. The standard InChI is InChI=1S/C35H46N4O2/c1-4-5-6-17-38-18-13-30(14-19-38)34(40)23-32-22-31(8-7-26(32)2)35(41)39-20-15-29(16-21-39)27-9-11-28(12-10-27)33-24-36-37(3)25-33/h7-12,22,24-25,29-30H,4-6,13-21,23H2,1-3H3. The maximum absolute atomic E-state index is 13.5. The number of likely N-dealkylation sites (tertiary alicyclic amines) is 2. The number of carbonyl (C=O) groups is 2.